The van der Waals surface area contributed by atoms with Gasteiger partial charge in [-0.05, 0) is 25.5 Å². The lowest BCUT2D eigenvalue weighted by Crippen LogP contribution is -2.22. The molecule has 2 aromatic rings. The van der Waals surface area contributed by atoms with Crippen molar-refractivity contribution in [1.29, 1.82) is 10.5 Å². The Bertz CT molecular complexity index is 1060. The van der Waals surface area contributed by atoms with E-state index >= 15 is 0 Å². The first-order valence-electron chi connectivity index (χ1n) is 7.86. The van der Waals surface area contributed by atoms with Gasteiger partial charge in [-0.1, -0.05) is 0 Å². The van der Waals surface area contributed by atoms with Gasteiger partial charge in [0.05, 0.1) is 18.4 Å². The van der Waals surface area contributed by atoms with Gasteiger partial charge in [0.15, 0.2) is 5.82 Å². The zero-order valence-corrected chi connectivity index (χ0v) is 15.4. The van der Waals surface area contributed by atoms with Gasteiger partial charge in [-0.2, -0.15) is 15.6 Å². The van der Waals surface area contributed by atoms with E-state index in [1.54, 1.807) is 19.9 Å². The minimum Gasteiger partial charge on any atom is -0.494 e. The molecular formula is C18H18N6O3. The molecule has 0 amide bonds. The van der Waals surface area contributed by atoms with E-state index < -0.39 is 5.56 Å². The number of hydrogen-bond acceptors (Lipinski definition) is 8. The molecule has 0 unspecified atom stereocenters. The molecule has 0 radical (unpaired) electrons. The number of aryl methyl sites for hydroxylation is 1. The molecule has 9 heteroatoms. The van der Waals surface area contributed by atoms with Gasteiger partial charge in [-0.15, -0.1) is 0 Å². The molecule has 0 atom stereocenters. The van der Waals surface area contributed by atoms with Gasteiger partial charge >= 0.3 is 0 Å². The minimum atomic E-state index is -0.589. The van der Waals surface area contributed by atoms with Crippen LogP contribution in [-0.2, 0) is 18.4 Å². The van der Waals surface area contributed by atoms with Crippen LogP contribution in [0, 0.1) is 36.5 Å². The number of anilines is 1. The van der Waals surface area contributed by atoms with Crippen LogP contribution in [0.25, 0.3) is 0 Å². The summed E-state index contributed by atoms with van der Waals surface area (Å²) in [5.74, 6) is -0.0805. The summed E-state index contributed by atoms with van der Waals surface area (Å²) in [7, 11) is 2.88. The second-order valence-corrected chi connectivity index (χ2v) is 5.77. The van der Waals surface area contributed by atoms with Crippen LogP contribution in [0.15, 0.2) is 16.0 Å². The first-order valence-corrected chi connectivity index (χ1v) is 7.86. The van der Waals surface area contributed by atoms with E-state index in [9.17, 15) is 15.2 Å². The summed E-state index contributed by atoms with van der Waals surface area (Å²) < 4.78 is 6.06. The van der Waals surface area contributed by atoms with Gasteiger partial charge in [-0.25, -0.2) is 4.98 Å². The zero-order valence-electron chi connectivity index (χ0n) is 15.4. The summed E-state index contributed by atoms with van der Waals surface area (Å²) in [6.07, 6.45) is 1.27. The second kappa shape index (κ2) is 8.13. The Morgan fingerprint density at radius 2 is 2.04 bits per heavy atom. The first kappa shape index (κ1) is 19.6. The van der Waals surface area contributed by atoms with Crippen molar-refractivity contribution in [3.63, 3.8) is 0 Å². The third kappa shape index (κ3) is 3.78. The molecule has 9 nitrogen and oxygen atoms in total. The number of nitrogens with one attached hydrogen (secondary N) is 1. The molecule has 0 saturated carbocycles. The van der Waals surface area contributed by atoms with Crippen LogP contribution < -0.4 is 11.0 Å². The largest absolute Gasteiger partial charge is 0.494 e. The maximum Gasteiger partial charge on any atom is 0.271 e. The lowest BCUT2D eigenvalue weighted by Gasteiger charge is -2.11. The fourth-order valence-electron chi connectivity index (χ4n) is 2.57. The summed E-state index contributed by atoms with van der Waals surface area (Å²) in [6.45, 7) is 3.57. The predicted molar refractivity (Wildman–Crippen MR) is 98.4 cm³/mol. The van der Waals surface area contributed by atoms with Crippen LogP contribution in [0.2, 0.25) is 0 Å². The Balaban J connectivity index is 2.46. The van der Waals surface area contributed by atoms with E-state index in [0.29, 0.717) is 22.4 Å². The molecule has 0 aliphatic carbocycles. The molecule has 0 bridgehead atoms. The summed E-state index contributed by atoms with van der Waals surface area (Å²) >= 11 is 0. The fourth-order valence-corrected chi connectivity index (χ4v) is 2.57. The van der Waals surface area contributed by atoms with Crippen LogP contribution in [0.1, 0.15) is 33.5 Å². The topological polar surface area (TPSA) is 136 Å². The van der Waals surface area contributed by atoms with E-state index in [1.807, 2.05) is 6.07 Å². The molecule has 0 aromatic carbocycles. The lowest BCUT2D eigenvalue weighted by atomic mass is 10.1. The van der Waals surface area contributed by atoms with Gasteiger partial charge in [0.2, 0.25) is 5.88 Å². The molecule has 2 heterocycles. The van der Waals surface area contributed by atoms with Gasteiger partial charge in [0, 0.05) is 25.4 Å². The maximum atomic E-state index is 12.0. The van der Waals surface area contributed by atoms with Crippen molar-refractivity contribution in [3.8, 4) is 18.0 Å². The Hall–Kier alpha value is -3.69. The van der Waals surface area contributed by atoms with Crippen molar-refractivity contribution >= 4 is 12.0 Å². The highest BCUT2D eigenvalue weighted by molar-refractivity contribution is 5.86. The summed E-state index contributed by atoms with van der Waals surface area (Å²) in [4.78, 5) is 16.2. The average molecular weight is 366 g/mol. The van der Waals surface area contributed by atoms with E-state index in [-0.39, 0.29) is 29.4 Å². The van der Waals surface area contributed by atoms with Crippen LogP contribution in [0.5, 0.6) is 5.88 Å². The van der Waals surface area contributed by atoms with Crippen molar-refractivity contribution in [2.24, 2.45) is 12.1 Å². The quantitative estimate of drug-likeness (QED) is 0.603. The Kier molecular flexibility index (Phi) is 5.91. The third-order valence-corrected chi connectivity index (χ3v) is 3.97. The van der Waals surface area contributed by atoms with Crippen molar-refractivity contribution in [3.05, 3.63) is 49.9 Å². The summed E-state index contributed by atoms with van der Waals surface area (Å²) in [5.41, 5.74) is 4.16. The number of hydrogen-bond donors (Lipinski definition) is 2. The first-order chi connectivity index (χ1) is 12.8. The minimum absolute atomic E-state index is 0.0782. The second-order valence-electron chi connectivity index (χ2n) is 5.77. The molecule has 27 heavy (non-hydrogen) atoms. The Morgan fingerprint density at radius 1 is 1.37 bits per heavy atom. The van der Waals surface area contributed by atoms with E-state index in [4.69, 9.17) is 10.00 Å². The predicted octanol–water partition coefficient (Wildman–Crippen LogP) is 1.44. The van der Waals surface area contributed by atoms with Gasteiger partial charge < -0.3 is 9.84 Å². The SMILES string of the molecule is COCc1cc(C)nc(N/N=C/c2c(C)c(C#N)c(=O)n(C)c2O)c1C#N. The van der Waals surface area contributed by atoms with E-state index in [1.165, 1.54) is 20.4 Å². The molecular weight excluding hydrogens is 348 g/mol. The van der Waals surface area contributed by atoms with Crippen molar-refractivity contribution in [2.75, 3.05) is 12.5 Å². The highest BCUT2D eigenvalue weighted by Crippen LogP contribution is 2.21. The van der Waals surface area contributed by atoms with Crippen LogP contribution in [0.4, 0.5) is 5.82 Å². The molecule has 2 rings (SSSR count). The normalized spacial score (nSPS) is 10.6. The molecule has 2 N–H and O–H groups in total. The van der Waals surface area contributed by atoms with Crippen molar-refractivity contribution in [1.82, 2.24) is 9.55 Å². The Morgan fingerprint density at radius 3 is 2.63 bits per heavy atom. The highest BCUT2D eigenvalue weighted by Gasteiger charge is 2.16. The number of nitrogens with zero attached hydrogens (tertiary/aromatic N) is 5. The molecule has 0 spiro atoms. The third-order valence-electron chi connectivity index (χ3n) is 3.97. The highest BCUT2D eigenvalue weighted by atomic mass is 16.5. The molecule has 0 aliphatic rings. The monoisotopic (exact) mass is 366 g/mol. The smallest absolute Gasteiger partial charge is 0.271 e. The molecule has 138 valence electrons. The van der Waals surface area contributed by atoms with E-state index in [2.05, 4.69) is 21.6 Å². The van der Waals surface area contributed by atoms with E-state index in [0.717, 1.165) is 4.57 Å². The lowest BCUT2D eigenvalue weighted by molar-refractivity contribution is 0.184. The van der Waals surface area contributed by atoms with Crippen molar-refractivity contribution < 1.29 is 9.84 Å². The molecule has 2 aromatic heterocycles. The number of pyridine rings is 2. The standard InChI is InChI=1S/C18H18N6O3/c1-10-5-12(9-27-4)14(7-20)16(22-10)23-21-8-15-11(2)13(6-19)17(25)24(3)18(15)26/h5,8,26H,9H2,1-4H3,(H,22,23)/b21-8+. The number of hydrazone groups is 1. The number of rotatable bonds is 5. The Labute approximate surface area is 155 Å². The number of ether oxygens (including phenoxy) is 1. The van der Waals surface area contributed by atoms with Gasteiger partial charge in [0.25, 0.3) is 5.56 Å². The summed E-state index contributed by atoms with van der Waals surface area (Å²) in [5, 5.41) is 32.8. The van der Waals surface area contributed by atoms with Gasteiger partial charge in [0.1, 0.15) is 23.3 Å². The molecule has 0 fully saturated rings. The number of aromatic nitrogens is 2. The number of methoxy groups -OCH3 is 1. The van der Waals surface area contributed by atoms with Crippen LogP contribution in [-0.4, -0.2) is 28.0 Å². The van der Waals surface area contributed by atoms with Crippen LogP contribution >= 0.6 is 0 Å². The van der Waals surface area contributed by atoms with Crippen molar-refractivity contribution in [2.45, 2.75) is 20.5 Å². The average Bonchev–Trinajstić information content (AvgIpc) is 2.63. The fraction of sp³-hybridized carbons (Fsp3) is 0.278. The maximum absolute atomic E-state index is 12.0. The summed E-state index contributed by atoms with van der Waals surface area (Å²) in [6, 6.07) is 5.65. The van der Waals surface area contributed by atoms with Crippen LogP contribution in [0.3, 0.4) is 0 Å². The molecule has 0 aliphatic heterocycles. The zero-order chi connectivity index (χ0) is 20.1. The van der Waals surface area contributed by atoms with Gasteiger partial charge in [-0.3, -0.25) is 14.8 Å². The number of aromatic hydroxyl groups is 1. The molecule has 0 saturated heterocycles. The number of nitriles is 2.